The normalized spacial score (nSPS) is 12.7. The van der Waals surface area contributed by atoms with Crippen molar-refractivity contribution in [1.82, 2.24) is 14.5 Å². The van der Waals surface area contributed by atoms with E-state index in [0.29, 0.717) is 11.8 Å². The van der Waals surface area contributed by atoms with Crippen LogP contribution in [0.25, 0.3) is 22.3 Å². The van der Waals surface area contributed by atoms with Crippen LogP contribution in [0.2, 0.25) is 0 Å². The van der Waals surface area contributed by atoms with Crippen molar-refractivity contribution in [1.29, 1.82) is 0 Å². The number of fused-ring (bicyclic) bond motifs is 1. The van der Waals surface area contributed by atoms with E-state index in [2.05, 4.69) is 62.5 Å². The first-order valence-corrected chi connectivity index (χ1v) is 9.56. The molecule has 0 aromatic carbocycles. The summed E-state index contributed by atoms with van der Waals surface area (Å²) in [5, 5.41) is 9.72. The molecule has 0 aliphatic carbocycles. The predicted octanol–water partition coefficient (Wildman–Crippen LogP) is 4.79. The van der Waals surface area contributed by atoms with Gasteiger partial charge >= 0.3 is 0 Å². The number of aromatic nitrogens is 3. The lowest BCUT2D eigenvalue weighted by Crippen LogP contribution is -2.11. The van der Waals surface area contributed by atoms with E-state index in [0.717, 1.165) is 45.5 Å². The highest BCUT2D eigenvalue weighted by Crippen LogP contribution is 2.34. The third kappa shape index (κ3) is 3.44. The molecule has 3 rings (SSSR count). The second-order valence-corrected chi connectivity index (χ2v) is 7.43. The SMILES string of the molecule is CC[C@H](CO)n1cc(C)c2nc(-c3ccc(C(C)C)nc3OC)c(C)cc21. The zero-order chi connectivity index (χ0) is 19.7. The minimum absolute atomic E-state index is 0.0646. The summed E-state index contributed by atoms with van der Waals surface area (Å²) in [5.41, 5.74) is 6.97. The quantitative estimate of drug-likeness (QED) is 0.680. The molecule has 0 aliphatic rings. The van der Waals surface area contributed by atoms with Gasteiger partial charge in [-0.25, -0.2) is 9.97 Å². The smallest absolute Gasteiger partial charge is 0.222 e. The molecule has 144 valence electrons. The Morgan fingerprint density at radius 3 is 2.48 bits per heavy atom. The van der Waals surface area contributed by atoms with Crippen LogP contribution in [-0.4, -0.2) is 33.4 Å². The van der Waals surface area contributed by atoms with E-state index < -0.39 is 0 Å². The molecule has 3 aromatic rings. The average molecular weight is 367 g/mol. The first-order valence-electron chi connectivity index (χ1n) is 9.56. The number of aliphatic hydroxyl groups excluding tert-OH is 1. The fourth-order valence-corrected chi connectivity index (χ4v) is 3.53. The second-order valence-electron chi connectivity index (χ2n) is 7.43. The summed E-state index contributed by atoms with van der Waals surface area (Å²) in [5.74, 6) is 0.945. The van der Waals surface area contributed by atoms with Crippen LogP contribution in [0.1, 0.15) is 56.0 Å². The minimum Gasteiger partial charge on any atom is -0.480 e. The van der Waals surface area contributed by atoms with Crippen LogP contribution in [0, 0.1) is 13.8 Å². The molecule has 1 N–H and O–H groups in total. The number of aliphatic hydroxyl groups is 1. The summed E-state index contributed by atoms with van der Waals surface area (Å²) >= 11 is 0. The van der Waals surface area contributed by atoms with Gasteiger partial charge in [0.15, 0.2) is 0 Å². The number of methoxy groups -OCH3 is 1. The van der Waals surface area contributed by atoms with Gasteiger partial charge in [-0.05, 0) is 55.5 Å². The van der Waals surface area contributed by atoms with Gasteiger partial charge < -0.3 is 14.4 Å². The second kappa shape index (κ2) is 7.69. The largest absolute Gasteiger partial charge is 0.480 e. The number of aryl methyl sites for hydroxylation is 2. The standard InChI is InChI=1S/C22H29N3O2/c1-7-16(12-26)25-11-15(5)21-19(25)10-14(4)20(24-21)17-8-9-18(13(2)3)23-22(17)27-6/h8-11,13,16,26H,7,12H2,1-6H3/t16-/m1/s1. The van der Waals surface area contributed by atoms with Crippen LogP contribution >= 0.6 is 0 Å². The van der Waals surface area contributed by atoms with E-state index in [-0.39, 0.29) is 12.6 Å². The van der Waals surface area contributed by atoms with Gasteiger partial charge in [-0.1, -0.05) is 20.8 Å². The molecule has 3 heterocycles. The summed E-state index contributed by atoms with van der Waals surface area (Å²) in [6.45, 7) is 10.6. The molecule has 0 unspecified atom stereocenters. The van der Waals surface area contributed by atoms with Crippen molar-refractivity contribution in [3.8, 4) is 17.1 Å². The van der Waals surface area contributed by atoms with Gasteiger partial charge in [0.25, 0.3) is 0 Å². The summed E-state index contributed by atoms with van der Waals surface area (Å²) < 4.78 is 7.72. The maximum Gasteiger partial charge on any atom is 0.222 e. The maximum absolute atomic E-state index is 9.72. The highest BCUT2D eigenvalue weighted by Gasteiger charge is 2.19. The van der Waals surface area contributed by atoms with Crippen LogP contribution in [0.5, 0.6) is 5.88 Å². The zero-order valence-corrected chi connectivity index (χ0v) is 17.1. The summed E-state index contributed by atoms with van der Waals surface area (Å²) in [7, 11) is 1.65. The molecule has 3 aromatic heterocycles. The zero-order valence-electron chi connectivity index (χ0n) is 17.1. The Bertz CT molecular complexity index is 956. The molecule has 5 heteroatoms. The average Bonchev–Trinajstić information content (AvgIpc) is 2.97. The molecule has 0 aliphatic heterocycles. The number of pyridine rings is 2. The number of rotatable bonds is 6. The lowest BCUT2D eigenvalue weighted by atomic mass is 10.0. The lowest BCUT2D eigenvalue weighted by Gasteiger charge is -2.16. The Morgan fingerprint density at radius 2 is 1.89 bits per heavy atom. The topological polar surface area (TPSA) is 60.2 Å². The van der Waals surface area contributed by atoms with Gasteiger partial charge in [-0.15, -0.1) is 0 Å². The minimum atomic E-state index is 0.0646. The molecule has 1 atom stereocenters. The Kier molecular flexibility index (Phi) is 5.51. The number of nitrogens with zero attached hydrogens (tertiary/aromatic N) is 3. The van der Waals surface area contributed by atoms with E-state index >= 15 is 0 Å². The maximum atomic E-state index is 9.72. The molecule has 27 heavy (non-hydrogen) atoms. The molecule has 0 radical (unpaired) electrons. The van der Waals surface area contributed by atoms with Crippen molar-refractivity contribution in [2.24, 2.45) is 0 Å². The Labute approximate surface area is 161 Å². The molecule has 5 nitrogen and oxygen atoms in total. The summed E-state index contributed by atoms with van der Waals surface area (Å²) in [6, 6.07) is 6.32. The van der Waals surface area contributed by atoms with Crippen LogP contribution in [-0.2, 0) is 0 Å². The number of hydrogen-bond acceptors (Lipinski definition) is 4. The van der Waals surface area contributed by atoms with Crippen molar-refractivity contribution in [2.45, 2.75) is 53.0 Å². The summed E-state index contributed by atoms with van der Waals surface area (Å²) in [6.07, 6.45) is 2.96. The third-order valence-electron chi connectivity index (χ3n) is 5.17. The van der Waals surface area contributed by atoms with Gasteiger partial charge in [0.1, 0.15) is 0 Å². The highest BCUT2D eigenvalue weighted by molar-refractivity contribution is 5.85. The van der Waals surface area contributed by atoms with Crippen molar-refractivity contribution < 1.29 is 9.84 Å². The summed E-state index contributed by atoms with van der Waals surface area (Å²) in [4.78, 5) is 9.65. The van der Waals surface area contributed by atoms with Gasteiger partial charge in [0, 0.05) is 11.9 Å². The van der Waals surface area contributed by atoms with E-state index in [1.165, 1.54) is 0 Å². The van der Waals surface area contributed by atoms with Crippen LogP contribution in [0.4, 0.5) is 0 Å². The lowest BCUT2D eigenvalue weighted by molar-refractivity contribution is 0.227. The van der Waals surface area contributed by atoms with Crippen molar-refractivity contribution in [3.63, 3.8) is 0 Å². The molecular weight excluding hydrogens is 338 g/mol. The molecular formula is C22H29N3O2. The molecule has 0 saturated carbocycles. The third-order valence-corrected chi connectivity index (χ3v) is 5.17. The van der Waals surface area contributed by atoms with Crippen molar-refractivity contribution >= 4 is 11.0 Å². The first kappa shape index (κ1) is 19.4. The molecule has 0 saturated heterocycles. The van der Waals surface area contributed by atoms with Gasteiger partial charge in [0.05, 0.1) is 42.0 Å². The molecule has 0 bridgehead atoms. The number of ether oxygens (including phenoxy) is 1. The van der Waals surface area contributed by atoms with E-state index in [4.69, 9.17) is 9.72 Å². The molecule has 0 amide bonds. The Hall–Kier alpha value is -2.40. The van der Waals surface area contributed by atoms with Crippen LogP contribution in [0.3, 0.4) is 0 Å². The fourth-order valence-electron chi connectivity index (χ4n) is 3.53. The number of hydrogen-bond donors (Lipinski definition) is 1. The van der Waals surface area contributed by atoms with E-state index in [1.54, 1.807) is 7.11 Å². The van der Waals surface area contributed by atoms with Gasteiger partial charge in [-0.3, -0.25) is 0 Å². The van der Waals surface area contributed by atoms with Crippen LogP contribution in [0.15, 0.2) is 24.4 Å². The van der Waals surface area contributed by atoms with E-state index in [9.17, 15) is 5.11 Å². The Balaban J connectivity index is 2.20. The van der Waals surface area contributed by atoms with E-state index in [1.807, 2.05) is 6.07 Å². The predicted molar refractivity (Wildman–Crippen MR) is 109 cm³/mol. The molecule has 0 fully saturated rings. The van der Waals surface area contributed by atoms with Crippen LogP contribution < -0.4 is 4.74 Å². The van der Waals surface area contributed by atoms with Crippen molar-refractivity contribution in [2.75, 3.05) is 13.7 Å². The Morgan fingerprint density at radius 1 is 1.15 bits per heavy atom. The fraction of sp³-hybridized carbons (Fsp3) is 0.455. The van der Waals surface area contributed by atoms with Gasteiger partial charge in [-0.2, -0.15) is 0 Å². The monoisotopic (exact) mass is 367 g/mol. The molecule has 0 spiro atoms. The van der Waals surface area contributed by atoms with Crippen molar-refractivity contribution in [3.05, 3.63) is 41.2 Å². The highest BCUT2D eigenvalue weighted by atomic mass is 16.5. The van der Waals surface area contributed by atoms with Gasteiger partial charge in [0.2, 0.25) is 5.88 Å². The first-order chi connectivity index (χ1) is 12.9.